The van der Waals surface area contributed by atoms with Gasteiger partial charge in [0, 0.05) is 12.3 Å². The zero-order valence-corrected chi connectivity index (χ0v) is 41.0. The molecule has 0 aromatic heterocycles. The van der Waals surface area contributed by atoms with Crippen LogP contribution in [-0.2, 0) is 19.1 Å². The number of allylic oxidation sites excluding steroid dienone is 6. The topological polar surface area (TPSA) is 55.8 Å². The first-order valence-electron chi connectivity index (χ1n) is 27.0. The third-order valence-electron chi connectivity index (χ3n) is 13.8. The lowest BCUT2D eigenvalue weighted by atomic mass is 9.88. The number of carbonyl (C=O) groups is 2. The maximum Gasteiger partial charge on any atom is 0.309 e. The summed E-state index contributed by atoms with van der Waals surface area (Å²) in [4.78, 5) is 29.2. The van der Waals surface area contributed by atoms with E-state index >= 15 is 0 Å². The van der Waals surface area contributed by atoms with E-state index in [1.165, 1.54) is 167 Å². The molecule has 1 saturated heterocycles. The van der Waals surface area contributed by atoms with Crippen molar-refractivity contribution in [1.29, 1.82) is 0 Å². The summed E-state index contributed by atoms with van der Waals surface area (Å²) in [6.45, 7) is 8.64. The molecule has 0 N–H and O–H groups in total. The van der Waals surface area contributed by atoms with Crippen molar-refractivity contribution in [3.8, 4) is 0 Å². The van der Waals surface area contributed by atoms with Crippen LogP contribution in [0.3, 0.4) is 0 Å². The highest BCUT2D eigenvalue weighted by Crippen LogP contribution is 2.40. The second-order valence-corrected chi connectivity index (χ2v) is 19.4. The quantitative estimate of drug-likeness (QED) is 0.0349. The van der Waals surface area contributed by atoms with Gasteiger partial charge >= 0.3 is 11.9 Å². The van der Waals surface area contributed by atoms with Gasteiger partial charge in [0.05, 0.1) is 5.92 Å². The van der Waals surface area contributed by atoms with E-state index in [9.17, 15) is 9.59 Å². The zero-order chi connectivity index (χ0) is 43.9. The van der Waals surface area contributed by atoms with E-state index in [1.54, 1.807) is 0 Å². The summed E-state index contributed by atoms with van der Waals surface area (Å²) < 4.78 is 12.6. The molecule has 2 fully saturated rings. The first-order chi connectivity index (χ1) is 30.0. The second kappa shape index (κ2) is 39.7. The van der Waals surface area contributed by atoms with Crippen LogP contribution in [0.4, 0.5) is 0 Å². The van der Waals surface area contributed by atoms with E-state index in [4.69, 9.17) is 9.47 Å². The van der Waals surface area contributed by atoms with E-state index in [1.807, 2.05) is 0 Å². The van der Waals surface area contributed by atoms with Crippen molar-refractivity contribution in [3.63, 3.8) is 0 Å². The monoisotopic (exact) mass is 852 g/mol. The van der Waals surface area contributed by atoms with Crippen molar-refractivity contribution in [1.82, 2.24) is 4.90 Å². The molecular formula is C56H101NO4. The fourth-order valence-electron chi connectivity index (χ4n) is 9.71. The van der Waals surface area contributed by atoms with Crippen LogP contribution in [0.15, 0.2) is 36.5 Å². The summed E-state index contributed by atoms with van der Waals surface area (Å²) in [5.41, 5.74) is 0. The summed E-state index contributed by atoms with van der Waals surface area (Å²) in [5.74, 6) is 0.362. The Balaban J connectivity index is 1.76. The molecule has 3 unspecified atom stereocenters. The molecule has 2 rings (SSSR count). The molecule has 1 saturated carbocycles. The highest BCUT2D eigenvalue weighted by Gasteiger charge is 2.40. The highest BCUT2D eigenvalue weighted by molar-refractivity contribution is 5.73. The van der Waals surface area contributed by atoms with Crippen LogP contribution in [0.2, 0.25) is 0 Å². The maximum atomic E-state index is 13.7. The van der Waals surface area contributed by atoms with E-state index in [2.05, 4.69) is 69.2 Å². The minimum atomic E-state index is -0.0930. The molecule has 2 aliphatic rings. The first-order valence-corrected chi connectivity index (χ1v) is 27.0. The number of esters is 2. The number of piperidine rings is 1. The highest BCUT2D eigenvalue weighted by atomic mass is 16.5. The lowest BCUT2D eigenvalue weighted by Crippen LogP contribution is -2.36. The largest absolute Gasteiger partial charge is 0.462 e. The molecule has 3 atom stereocenters. The predicted octanol–water partition coefficient (Wildman–Crippen LogP) is 16.8. The van der Waals surface area contributed by atoms with E-state index in [0.29, 0.717) is 6.42 Å². The van der Waals surface area contributed by atoms with Gasteiger partial charge in [0.15, 0.2) is 0 Å². The molecule has 1 heterocycles. The normalized spacial score (nSPS) is 19.1. The van der Waals surface area contributed by atoms with E-state index < -0.39 is 0 Å². The molecule has 5 nitrogen and oxygen atoms in total. The van der Waals surface area contributed by atoms with Gasteiger partial charge in [0.1, 0.15) is 12.2 Å². The van der Waals surface area contributed by atoms with Crippen LogP contribution in [-0.4, -0.2) is 49.2 Å². The number of unbranched alkanes of at least 4 members (excludes halogenated alkanes) is 24. The SMILES string of the molecule is CC/C=C\CC1C(CC(=O)OC(CCCCCCCC/C=C\CCCCCCCC)CCCCCCCC/C=C\CCCCCCCC)CCC1OC(=O)C1CCN(C)CC1. The number of rotatable bonds is 40. The Kier molecular flexibility index (Phi) is 36.0. The van der Waals surface area contributed by atoms with E-state index in [-0.39, 0.29) is 41.9 Å². The first kappa shape index (κ1) is 55.3. The molecule has 354 valence electrons. The lowest BCUT2D eigenvalue weighted by Gasteiger charge is -2.30. The van der Waals surface area contributed by atoms with Gasteiger partial charge in [-0.3, -0.25) is 9.59 Å². The van der Waals surface area contributed by atoms with Crippen LogP contribution in [0.1, 0.15) is 258 Å². The van der Waals surface area contributed by atoms with Crippen molar-refractivity contribution in [2.45, 2.75) is 271 Å². The Bertz CT molecular complexity index is 1060. The minimum Gasteiger partial charge on any atom is -0.462 e. The van der Waals surface area contributed by atoms with Gasteiger partial charge in [-0.05, 0) is 142 Å². The summed E-state index contributed by atoms with van der Waals surface area (Å²) in [6, 6.07) is 0. The second-order valence-electron chi connectivity index (χ2n) is 19.4. The molecule has 5 heteroatoms. The zero-order valence-electron chi connectivity index (χ0n) is 41.0. The Morgan fingerprint density at radius 3 is 1.44 bits per heavy atom. The molecule has 0 spiro atoms. The van der Waals surface area contributed by atoms with Crippen LogP contribution in [0.25, 0.3) is 0 Å². The van der Waals surface area contributed by atoms with E-state index in [0.717, 1.165) is 77.3 Å². The van der Waals surface area contributed by atoms with Crippen LogP contribution in [0, 0.1) is 17.8 Å². The lowest BCUT2D eigenvalue weighted by molar-refractivity contribution is -0.158. The Morgan fingerprint density at radius 1 is 0.541 bits per heavy atom. The summed E-state index contributed by atoms with van der Waals surface area (Å²) in [6.07, 6.45) is 58.5. The van der Waals surface area contributed by atoms with Crippen LogP contribution < -0.4 is 0 Å². The van der Waals surface area contributed by atoms with Crippen molar-refractivity contribution in [2.24, 2.45) is 17.8 Å². The Labute approximate surface area is 379 Å². The van der Waals surface area contributed by atoms with Gasteiger partial charge in [-0.15, -0.1) is 0 Å². The number of ether oxygens (including phenoxy) is 2. The van der Waals surface area contributed by atoms with Crippen LogP contribution in [0.5, 0.6) is 0 Å². The van der Waals surface area contributed by atoms with Crippen molar-refractivity contribution in [3.05, 3.63) is 36.5 Å². The third kappa shape index (κ3) is 30.0. The third-order valence-corrected chi connectivity index (χ3v) is 13.8. The smallest absolute Gasteiger partial charge is 0.309 e. The standard InChI is InChI=1S/C56H101NO4/c1-5-8-11-13-15-17-19-21-23-25-27-29-31-33-35-38-40-52(41-39-36-34-32-30-28-26-24-22-20-18-16-14-12-9-6-2)60-55(58)49-51-43-44-54(53(51)42-37-10-7-3)61-56(59)50-45-47-57(4)48-46-50/h10,21-24,37,50-54H,5-9,11-20,25-36,38-49H2,1-4H3/b23-21-,24-22-,37-10-. The predicted molar refractivity (Wildman–Crippen MR) is 263 cm³/mol. The fraction of sp³-hybridized carbons (Fsp3) is 0.857. The van der Waals surface area contributed by atoms with Crippen molar-refractivity contribution >= 4 is 11.9 Å². The molecule has 0 bridgehead atoms. The number of carbonyl (C=O) groups excluding carboxylic acids is 2. The summed E-state index contributed by atoms with van der Waals surface area (Å²) in [7, 11) is 2.13. The van der Waals surface area contributed by atoms with Crippen molar-refractivity contribution < 1.29 is 19.1 Å². The van der Waals surface area contributed by atoms with Gasteiger partial charge in [-0.1, -0.05) is 173 Å². The molecule has 0 aromatic carbocycles. The summed E-state index contributed by atoms with van der Waals surface area (Å²) in [5, 5.41) is 0. The van der Waals surface area contributed by atoms with Gasteiger partial charge in [-0.25, -0.2) is 0 Å². The molecule has 1 aliphatic carbocycles. The average Bonchev–Trinajstić information content (AvgIpc) is 3.62. The molecule has 0 aromatic rings. The molecule has 0 amide bonds. The van der Waals surface area contributed by atoms with Gasteiger partial charge in [0.2, 0.25) is 0 Å². The average molecular weight is 852 g/mol. The number of nitrogens with zero attached hydrogens (tertiary/aromatic N) is 1. The maximum absolute atomic E-state index is 13.7. The number of likely N-dealkylation sites (tertiary alicyclic amines) is 1. The molecule has 0 radical (unpaired) electrons. The minimum absolute atomic E-state index is 0.0104. The molecule has 1 aliphatic heterocycles. The number of hydrogen-bond donors (Lipinski definition) is 0. The Morgan fingerprint density at radius 2 is 0.984 bits per heavy atom. The molecular weight excluding hydrogens is 751 g/mol. The van der Waals surface area contributed by atoms with Crippen molar-refractivity contribution in [2.75, 3.05) is 20.1 Å². The Hall–Kier alpha value is -1.88. The van der Waals surface area contributed by atoms with Crippen LogP contribution >= 0.6 is 0 Å². The van der Waals surface area contributed by atoms with Gasteiger partial charge in [-0.2, -0.15) is 0 Å². The fourth-order valence-corrected chi connectivity index (χ4v) is 9.71. The van der Waals surface area contributed by atoms with Gasteiger partial charge < -0.3 is 14.4 Å². The summed E-state index contributed by atoms with van der Waals surface area (Å²) >= 11 is 0. The number of hydrogen-bond acceptors (Lipinski definition) is 5. The molecule has 61 heavy (non-hydrogen) atoms. The van der Waals surface area contributed by atoms with Gasteiger partial charge in [0.25, 0.3) is 0 Å².